The Morgan fingerprint density at radius 1 is 1.24 bits per heavy atom. The molecule has 1 aliphatic heterocycles. The molecule has 0 atom stereocenters. The second-order valence-electron chi connectivity index (χ2n) is 8.14. The van der Waals surface area contributed by atoms with E-state index in [2.05, 4.69) is 22.1 Å². The largest absolute Gasteiger partial charge is 0.496 e. The zero-order valence-electron chi connectivity index (χ0n) is 18.0. The van der Waals surface area contributed by atoms with Gasteiger partial charge in [-0.2, -0.15) is 5.10 Å². The fraction of sp³-hybridized carbons (Fsp3) is 0.565. The minimum atomic E-state index is 0.229. The summed E-state index contributed by atoms with van der Waals surface area (Å²) in [5.41, 5.74) is 2.40. The van der Waals surface area contributed by atoms with Crippen molar-refractivity contribution < 1.29 is 9.53 Å². The first-order valence-electron chi connectivity index (χ1n) is 10.6. The van der Waals surface area contributed by atoms with E-state index in [4.69, 9.17) is 4.74 Å². The molecule has 1 aliphatic rings. The number of hydrogen-bond donors (Lipinski definition) is 0. The van der Waals surface area contributed by atoms with Crippen molar-refractivity contribution in [1.82, 2.24) is 19.6 Å². The number of hydrogen-bond acceptors (Lipinski definition) is 4. The lowest BCUT2D eigenvalue weighted by atomic mass is 9.95. The van der Waals surface area contributed by atoms with E-state index in [1.165, 1.54) is 5.56 Å². The van der Waals surface area contributed by atoms with Crippen LogP contribution in [0.25, 0.3) is 0 Å². The highest BCUT2D eigenvalue weighted by molar-refractivity contribution is 5.76. The molecule has 0 spiro atoms. The number of carbonyl (C=O) groups excluding carboxylic acids is 1. The van der Waals surface area contributed by atoms with Gasteiger partial charge in [0.25, 0.3) is 0 Å². The maximum Gasteiger partial charge on any atom is 0.222 e. The highest BCUT2D eigenvalue weighted by Crippen LogP contribution is 2.21. The van der Waals surface area contributed by atoms with Gasteiger partial charge in [0, 0.05) is 39.8 Å². The molecule has 0 unspecified atom stereocenters. The monoisotopic (exact) mass is 398 g/mol. The van der Waals surface area contributed by atoms with Gasteiger partial charge in [-0.15, -0.1) is 0 Å². The van der Waals surface area contributed by atoms with Crippen molar-refractivity contribution in [2.75, 3.05) is 40.3 Å². The minimum Gasteiger partial charge on any atom is -0.496 e. The zero-order chi connectivity index (χ0) is 20.6. The SMILES string of the molecule is COc1ccccc1CCN1CCC(CN(C)C(=O)CCc2cnn(C)c2)CC1. The number of ether oxygens (including phenoxy) is 1. The molecule has 0 N–H and O–H groups in total. The van der Waals surface area contributed by atoms with Gasteiger partial charge in [-0.3, -0.25) is 9.48 Å². The number of rotatable bonds is 9. The third kappa shape index (κ3) is 6.32. The van der Waals surface area contributed by atoms with Crippen LogP contribution in [0.15, 0.2) is 36.7 Å². The summed E-state index contributed by atoms with van der Waals surface area (Å²) in [5, 5.41) is 4.16. The Bertz CT molecular complexity index is 781. The van der Waals surface area contributed by atoms with Gasteiger partial charge in [0.05, 0.1) is 13.3 Å². The molecule has 3 rings (SSSR count). The Morgan fingerprint density at radius 2 is 2.00 bits per heavy atom. The molecule has 1 aromatic carbocycles. The summed E-state index contributed by atoms with van der Waals surface area (Å²) in [4.78, 5) is 16.9. The van der Waals surface area contributed by atoms with Gasteiger partial charge < -0.3 is 14.5 Å². The van der Waals surface area contributed by atoms with Crippen LogP contribution in [0.4, 0.5) is 0 Å². The third-order valence-electron chi connectivity index (χ3n) is 5.94. The second-order valence-corrected chi connectivity index (χ2v) is 8.14. The Kier molecular flexibility index (Phi) is 7.69. The lowest BCUT2D eigenvalue weighted by molar-refractivity contribution is -0.130. The van der Waals surface area contributed by atoms with Crippen LogP contribution in [0.5, 0.6) is 5.75 Å². The maximum absolute atomic E-state index is 12.5. The van der Waals surface area contributed by atoms with Crippen LogP contribution in [-0.4, -0.2) is 65.8 Å². The standard InChI is InChI=1S/C23H34N4O2/c1-25(23(28)9-8-20-16-24-26(2)18-20)17-19-10-13-27(14-11-19)15-12-21-6-4-5-7-22(21)29-3/h4-7,16,18-19H,8-15,17H2,1-3H3. The van der Waals surface area contributed by atoms with E-state index in [0.29, 0.717) is 12.3 Å². The molecule has 2 aromatic rings. The molecule has 0 aliphatic carbocycles. The quantitative estimate of drug-likeness (QED) is 0.652. The number of aromatic nitrogens is 2. The smallest absolute Gasteiger partial charge is 0.222 e. The molecular weight excluding hydrogens is 364 g/mol. The van der Waals surface area contributed by atoms with Gasteiger partial charge in [-0.1, -0.05) is 18.2 Å². The number of nitrogens with zero attached hydrogens (tertiary/aromatic N) is 4. The lowest BCUT2D eigenvalue weighted by Crippen LogP contribution is -2.40. The predicted octanol–water partition coefficient (Wildman–Crippen LogP) is 2.77. The Balaban J connectivity index is 1.36. The maximum atomic E-state index is 12.5. The molecule has 158 valence electrons. The number of piperidine rings is 1. The third-order valence-corrected chi connectivity index (χ3v) is 5.94. The lowest BCUT2D eigenvalue weighted by Gasteiger charge is -2.34. The first-order valence-corrected chi connectivity index (χ1v) is 10.6. The van der Waals surface area contributed by atoms with E-state index in [9.17, 15) is 4.79 Å². The van der Waals surface area contributed by atoms with Crippen LogP contribution in [0, 0.1) is 5.92 Å². The molecular formula is C23H34N4O2. The average molecular weight is 399 g/mol. The molecule has 0 saturated carbocycles. The molecule has 6 nitrogen and oxygen atoms in total. The van der Waals surface area contributed by atoms with Crippen LogP contribution in [0.3, 0.4) is 0 Å². The van der Waals surface area contributed by atoms with Crippen LogP contribution in [0.2, 0.25) is 0 Å². The second kappa shape index (κ2) is 10.4. The van der Waals surface area contributed by atoms with Crippen molar-refractivity contribution in [2.45, 2.75) is 32.1 Å². The number of benzene rings is 1. The van der Waals surface area contributed by atoms with Crippen molar-refractivity contribution in [2.24, 2.45) is 13.0 Å². The summed E-state index contributed by atoms with van der Waals surface area (Å²) in [5.74, 6) is 1.81. The topological polar surface area (TPSA) is 50.6 Å². The fourth-order valence-electron chi connectivity index (χ4n) is 4.11. The van der Waals surface area contributed by atoms with Crippen molar-refractivity contribution in [3.63, 3.8) is 0 Å². The Hall–Kier alpha value is -2.34. The number of carbonyl (C=O) groups is 1. The van der Waals surface area contributed by atoms with Crippen LogP contribution in [0.1, 0.15) is 30.4 Å². The van der Waals surface area contributed by atoms with Gasteiger partial charge >= 0.3 is 0 Å². The number of amides is 1. The number of aryl methyl sites for hydroxylation is 2. The van der Waals surface area contributed by atoms with E-state index in [-0.39, 0.29) is 5.91 Å². The predicted molar refractivity (Wildman–Crippen MR) is 115 cm³/mol. The molecule has 1 fully saturated rings. The first-order chi connectivity index (χ1) is 14.0. The molecule has 6 heteroatoms. The number of likely N-dealkylation sites (tertiary alicyclic amines) is 1. The summed E-state index contributed by atoms with van der Waals surface area (Å²) in [6, 6.07) is 8.27. The van der Waals surface area contributed by atoms with Gasteiger partial charge in [0.1, 0.15) is 5.75 Å². The van der Waals surface area contributed by atoms with E-state index in [1.807, 2.05) is 43.5 Å². The Morgan fingerprint density at radius 3 is 2.69 bits per heavy atom. The van der Waals surface area contributed by atoms with Crippen molar-refractivity contribution >= 4 is 5.91 Å². The van der Waals surface area contributed by atoms with Crippen LogP contribution >= 0.6 is 0 Å². The average Bonchev–Trinajstić information content (AvgIpc) is 3.16. The molecule has 2 heterocycles. The van der Waals surface area contributed by atoms with E-state index < -0.39 is 0 Å². The molecule has 1 aromatic heterocycles. The highest BCUT2D eigenvalue weighted by Gasteiger charge is 2.22. The van der Waals surface area contributed by atoms with Gasteiger partial charge in [-0.25, -0.2) is 0 Å². The zero-order valence-corrected chi connectivity index (χ0v) is 18.0. The summed E-state index contributed by atoms with van der Waals surface area (Å²) in [7, 11) is 5.58. The van der Waals surface area contributed by atoms with Crippen molar-refractivity contribution in [3.8, 4) is 5.75 Å². The normalized spacial score (nSPS) is 15.4. The van der Waals surface area contributed by atoms with Crippen molar-refractivity contribution in [3.05, 3.63) is 47.8 Å². The fourth-order valence-corrected chi connectivity index (χ4v) is 4.11. The number of methoxy groups -OCH3 is 1. The molecule has 1 saturated heterocycles. The van der Waals surface area contributed by atoms with Gasteiger partial charge in [0.2, 0.25) is 5.91 Å². The molecule has 0 bridgehead atoms. The number of para-hydroxylation sites is 1. The summed E-state index contributed by atoms with van der Waals surface area (Å²) >= 11 is 0. The molecule has 29 heavy (non-hydrogen) atoms. The van der Waals surface area contributed by atoms with Crippen LogP contribution in [-0.2, 0) is 24.7 Å². The van der Waals surface area contributed by atoms with E-state index in [0.717, 1.165) is 63.2 Å². The van der Waals surface area contributed by atoms with Crippen molar-refractivity contribution in [1.29, 1.82) is 0 Å². The summed E-state index contributed by atoms with van der Waals surface area (Å²) < 4.78 is 7.24. The summed E-state index contributed by atoms with van der Waals surface area (Å²) in [6.45, 7) is 4.15. The minimum absolute atomic E-state index is 0.229. The molecule has 0 radical (unpaired) electrons. The Labute approximate surface area is 174 Å². The van der Waals surface area contributed by atoms with Crippen LogP contribution < -0.4 is 4.74 Å². The van der Waals surface area contributed by atoms with E-state index >= 15 is 0 Å². The van der Waals surface area contributed by atoms with E-state index in [1.54, 1.807) is 11.8 Å². The highest BCUT2D eigenvalue weighted by atomic mass is 16.5. The molecule has 1 amide bonds. The summed E-state index contributed by atoms with van der Waals surface area (Å²) in [6.07, 6.45) is 8.47. The van der Waals surface area contributed by atoms with Gasteiger partial charge in [-0.05, 0) is 61.9 Å². The van der Waals surface area contributed by atoms with Gasteiger partial charge in [0.15, 0.2) is 0 Å². The first kappa shape index (κ1) is 21.4.